The van der Waals surface area contributed by atoms with Gasteiger partial charge in [-0.3, -0.25) is 9.59 Å². The van der Waals surface area contributed by atoms with Crippen LogP contribution < -0.4 is 10.6 Å². The molecule has 2 amide bonds. The third-order valence-corrected chi connectivity index (χ3v) is 3.85. The molecule has 1 rings (SSSR count). The summed E-state index contributed by atoms with van der Waals surface area (Å²) in [5, 5.41) is 5.27. The lowest BCUT2D eigenvalue weighted by Gasteiger charge is -2.19. The molecule has 0 spiro atoms. The van der Waals surface area contributed by atoms with E-state index in [1.165, 1.54) is 0 Å². The molecular weight excluding hydrogens is 256 g/mol. The Morgan fingerprint density at radius 2 is 2.17 bits per heavy atom. The van der Waals surface area contributed by atoms with Gasteiger partial charge in [-0.25, -0.2) is 8.42 Å². The molecule has 6 nitrogen and oxygen atoms in total. The van der Waals surface area contributed by atoms with E-state index in [1.54, 1.807) is 6.92 Å². The van der Waals surface area contributed by atoms with Crippen molar-refractivity contribution in [2.75, 3.05) is 12.0 Å². The summed E-state index contributed by atoms with van der Waals surface area (Å²) in [6, 6.07) is -0.991. The summed E-state index contributed by atoms with van der Waals surface area (Å²) in [7, 11) is -3.12. The molecule has 0 aromatic heterocycles. The zero-order chi connectivity index (χ0) is 13.8. The monoisotopic (exact) mass is 276 g/mol. The number of carbonyl (C=O) groups excluding carboxylic acids is 2. The molecule has 1 aliphatic rings. The molecular formula is C11H20N2O4S. The highest BCUT2D eigenvalue weighted by Crippen LogP contribution is 2.09. The van der Waals surface area contributed by atoms with Crippen LogP contribution in [0.25, 0.3) is 0 Å². The first-order valence-electron chi connectivity index (χ1n) is 6.05. The van der Waals surface area contributed by atoms with E-state index in [9.17, 15) is 18.0 Å². The predicted molar refractivity (Wildman–Crippen MR) is 67.7 cm³/mol. The van der Waals surface area contributed by atoms with Crippen LogP contribution >= 0.6 is 0 Å². The van der Waals surface area contributed by atoms with Crippen molar-refractivity contribution >= 4 is 21.7 Å². The van der Waals surface area contributed by atoms with Crippen LogP contribution in [0, 0.1) is 0 Å². The van der Waals surface area contributed by atoms with E-state index in [2.05, 4.69) is 10.6 Å². The molecule has 0 aliphatic carbocycles. The fourth-order valence-corrected chi connectivity index (χ4v) is 3.00. The highest BCUT2D eigenvalue weighted by Gasteiger charge is 2.24. The van der Waals surface area contributed by atoms with E-state index >= 15 is 0 Å². The van der Waals surface area contributed by atoms with Gasteiger partial charge in [0.15, 0.2) is 0 Å². The minimum Gasteiger partial charge on any atom is -0.351 e. The second-order valence-corrected chi connectivity index (χ2v) is 7.05. The highest BCUT2D eigenvalue weighted by atomic mass is 32.2. The zero-order valence-electron chi connectivity index (χ0n) is 10.7. The van der Waals surface area contributed by atoms with E-state index in [0.29, 0.717) is 12.8 Å². The van der Waals surface area contributed by atoms with Gasteiger partial charge in [0, 0.05) is 18.7 Å². The van der Waals surface area contributed by atoms with E-state index < -0.39 is 21.9 Å². The number of hydrogen-bond acceptors (Lipinski definition) is 4. The second-order valence-electron chi connectivity index (χ2n) is 4.87. The maximum Gasteiger partial charge on any atom is 0.242 e. The summed E-state index contributed by atoms with van der Waals surface area (Å²) in [6.45, 7) is 1.64. The third-order valence-electron chi connectivity index (χ3n) is 2.74. The molecule has 2 unspecified atom stereocenters. The standard InChI is InChI=1S/C11H20N2O4S/c1-8(7-18(2,16)17)12-11(15)9-5-3-4-6-10(14)13-9/h8-9H,3-7H2,1-2H3,(H,12,15)(H,13,14). The molecule has 2 atom stereocenters. The van der Waals surface area contributed by atoms with Crippen molar-refractivity contribution in [1.82, 2.24) is 10.6 Å². The summed E-state index contributed by atoms with van der Waals surface area (Å²) in [4.78, 5) is 23.2. The summed E-state index contributed by atoms with van der Waals surface area (Å²) in [6.07, 6.45) is 3.78. The van der Waals surface area contributed by atoms with Gasteiger partial charge in [-0.1, -0.05) is 6.42 Å². The Bertz CT molecular complexity index is 419. The smallest absolute Gasteiger partial charge is 0.242 e. The quantitative estimate of drug-likeness (QED) is 0.730. The van der Waals surface area contributed by atoms with Crippen LogP contribution in [0.5, 0.6) is 0 Å². The summed E-state index contributed by atoms with van der Waals surface area (Å²) in [5.74, 6) is -0.524. The van der Waals surface area contributed by atoms with Crippen molar-refractivity contribution < 1.29 is 18.0 Å². The second kappa shape index (κ2) is 6.17. The molecule has 104 valence electrons. The Morgan fingerprint density at radius 3 is 2.78 bits per heavy atom. The van der Waals surface area contributed by atoms with Gasteiger partial charge in [0.2, 0.25) is 11.8 Å². The van der Waals surface area contributed by atoms with Gasteiger partial charge in [0.1, 0.15) is 15.9 Å². The van der Waals surface area contributed by atoms with Crippen molar-refractivity contribution in [3.63, 3.8) is 0 Å². The summed E-state index contributed by atoms with van der Waals surface area (Å²) in [5.41, 5.74) is 0. The minimum atomic E-state index is -3.12. The summed E-state index contributed by atoms with van der Waals surface area (Å²) < 4.78 is 22.2. The Morgan fingerprint density at radius 1 is 1.50 bits per heavy atom. The van der Waals surface area contributed by atoms with Crippen molar-refractivity contribution in [3.05, 3.63) is 0 Å². The normalized spacial score (nSPS) is 22.8. The Kier molecular flexibility index (Phi) is 5.13. The Balaban J connectivity index is 2.51. The van der Waals surface area contributed by atoms with Gasteiger partial charge in [-0.15, -0.1) is 0 Å². The van der Waals surface area contributed by atoms with E-state index in [1.807, 2.05) is 0 Å². The maximum absolute atomic E-state index is 11.9. The van der Waals surface area contributed by atoms with Crippen LogP contribution in [0.1, 0.15) is 32.6 Å². The number of hydrogen-bond donors (Lipinski definition) is 2. The Labute approximate surface area is 107 Å². The van der Waals surface area contributed by atoms with Crippen molar-refractivity contribution in [2.45, 2.75) is 44.7 Å². The predicted octanol–water partition coefficient (Wildman–Crippen LogP) is -0.405. The van der Waals surface area contributed by atoms with Gasteiger partial charge < -0.3 is 10.6 Å². The first-order valence-corrected chi connectivity index (χ1v) is 8.11. The van der Waals surface area contributed by atoms with Crippen molar-refractivity contribution in [3.8, 4) is 0 Å². The van der Waals surface area contributed by atoms with Crippen LogP contribution in [0.15, 0.2) is 0 Å². The lowest BCUT2D eigenvalue weighted by atomic mass is 10.1. The van der Waals surface area contributed by atoms with Crippen molar-refractivity contribution in [2.24, 2.45) is 0 Å². The molecule has 18 heavy (non-hydrogen) atoms. The lowest BCUT2D eigenvalue weighted by molar-refractivity contribution is -0.128. The van der Waals surface area contributed by atoms with Gasteiger partial charge >= 0.3 is 0 Å². The topological polar surface area (TPSA) is 92.3 Å². The number of amides is 2. The van der Waals surface area contributed by atoms with Gasteiger partial charge in [-0.05, 0) is 19.8 Å². The van der Waals surface area contributed by atoms with Crippen LogP contribution in [0.4, 0.5) is 0 Å². The zero-order valence-corrected chi connectivity index (χ0v) is 11.5. The maximum atomic E-state index is 11.9. The molecule has 1 saturated heterocycles. The highest BCUT2D eigenvalue weighted by molar-refractivity contribution is 7.90. The number of carbonyl (C=O) groups is 2. The van der Waals surface area contributed by atoms with Gasteiger partial charge in [-0.2, -0.15) is 0 Å². The molecule has 1 heterocycles. The molecule has 0 aromatic rings. The molecule has 1 aliphatic heterocycles. The molecule has 1 fully saturated rings. The number of sulfone groups is 1. The molecule has 0 saturated carbocycles. The average Bonchev–Trinajstić information content (AvgIpc) is 2.39. The first-order chi connectivity index (χ1) is 8.28. The van der Waals surface area contributed by atoms with E-state index in [-0.39, 0.29) is 17.6 Å². The minimum absolute atomic E-state index is 0.0978. The van der Waals surface area contributed by atoms with Crippen LogP contribution in [0.2, 0.25) is 0 Å². The number of rotatable bonds is 4. The van der Waals surface area contributed by atoms with E-state index in [4.69, 9.17) is 0 Å². The van der Waals surface area contributed by atoms with E-state index in [0.717, 1.165) is 19.1 Å². The molecule has 0 aromatic carbocycles. The third kappa shape index (κ3) is 5.48. The SMILES string of the molecule is CC(CS(C)(=O)=O)NC(=O)C1CCCCC(=O)N1. The van der Waals surface area contributed by atoms with Crippen LogP contribution in [0.3, 0.4) is 0 Å². The van der Waals surface area contributed by atoms with Gasteiger partial charge in [0.25, 0.3) is 0 Å². The Hall–Kier alpha value is -1.11. The average molecular weight is 276 g/mol. The molecule has 0 radical (unpaired) electrons. The fourth-order valence-electron chi connectivity index (χ4n) is 2.01. The molecule has 7 heteroatoms. The van der Waals surface area contributed by atoms with Crippen LogP contribution in [-0.4, -0.2) is 44.3 Å². The lowest BCUT2D eigenvalue weighted by Crippen LogP contribution is -2.49. The van der Waals surface area contributed by atoms with Crippen molar-refractivity contribution in [1.29, 1.82) is 0 Å². The van der Waals surface area contributed by atoms with Gasteiger partial charge in [0.05, 0.1) is 5.75 Å². The van der Waals surface area contributed by atoms with Crippen LogP contribution in [-0.2, 0) is 19.4 Å². The first kappa shape index (κ1) is 14.9. The molecule has 0 bridgehead atoms. The largest absolute Gasteiger partial charge is 0.351 e. The fraction of sp³-hybridized carbons (Fsp3) is 0.818. The number of nitrogens with one attached hydrogen (secondary N) is 2. The summed E-state index contributed by atoms with van der Waals surface area (Å²) >= 11 is 0. The molecule has 2 N–H and O–H groups in total.